The number of hydrazone groups is 1. The number of carbonyl (C=O) groups excluding carboxylic acids is 2. The molecule has 2 amide bonds. The zero-order chi connectivity index (χ0) is 22.8. The summed E-state index contributed by atoms with van der Waals surface area (Å²) >= 11 is 0. The molecular weight excluding hydrogens is 406 g/mol. The number of ether oxygens (including phenoxy) is 2. The van der Waals surface area contributed by atoms with Crippen molar-refractivity contribution < 1.29 is 19.1 Å². The monoisotopic (exact) mass is 431 g/mol. The molecule has 2 N–H and O–H groups in total. The first kappa shape index (κ1) is 22.6. The largest absolute Gasteiger partial charge is 0.497 e. The lowest BCUT2D eigenvalue weighted by molar-refractivity contribution is -0.126. The maximum Gasteiger partial charge on any atom is 0.249 e. The van der Waals surface area contributed by atoms with Gasteiger partial charge in [0, 0.05) is 5.69 Å². The number of carbonyl (C=O) groups is 2. The van der Waals surface area contributed by atoms with Crippen molar-refractivity contribution in [2.75, 3.05) is 12.4 Å². The van der Waals surface area contributed by atoms with Crippen molar-refractivity contribution in [2.45, 2.75) is 20.0 Å². The van der Waals surface area contributed by atoms with Crippen LogP contribution in [0.2, 0.25) is 0 Å². The van der Waals surface area contributed by atoms with Gasteiger partial charge in [-0.15, -0.1) is 0 Å². The second-order valence-electron chi connectivity index (χ2n) is 7.04. The Morgan fingerprint density at radius 2 is 1.59 bits per heavy atom. The lowest BCUT2D eigenvalue weighted by atomic mass is 10.2. The Morgan fingerprint density at radius 1 is 0.906 bits per heavy atom. The maximum absolute atomic E-state index is 12.0. The van der Waals surface area contributed by atoms with Gasteiger partial charge in [-0.2, -0.15) is 5.10 Å². The lowest BCUT2D eigenvalue weighted by Crippen LogP contribution is -2.24. The topological polar surface area (TPSA) is 89.0 Å². The quantitative estimate of drug-likeness (QED) is 0.304. The molecule has 7 nitrogen and oxygen atoms in total. The van der Waals surface area contributed by atoms with Gasteiger partial charge in [-0.1, -0.05) is 30.3 Å². The molecule has 0 aliphatic rings. The molecule has 32 heavy (non-hydrogen) atoms. The second kappa shape index (κ2) is 11.3. The van der Waals surface area contributed by atoms with E-state index in [0.717, 1.165) is 28.2 Å². The molecule has 164 valence electrons. The van der Waals surface area contributed by atoms with Crippen LogP contribution in [0, 0.1) is 6.92 Å². The number of hydrogen-bond acceptors (Lipinski definition) is 5. The van der Waals surface area contributed by atoms with Crippen LogP contribution in [0.25, 0.3) is 0 Å². The summed E-state index contributed by atoms with van der Waals surface area (Å²) in [6.07, 6.45) is 1.19. The summed E-state index contributed by atoms with van der Waals surface area (Å²) in [7, 11) is 1.63. The van der Waals surface area contributed by atoms with Gasteiger partial charge in [-0.3, -0.25) is 9.59 Å². The van der Waals surface area contributed by atoms with E-state index in [1.807, 2.05) is 73.7 Å². The SMILES string of the molecule is COc1ccc(COc2ccc(C=NNC(=O)CC(=O)Nc3ccccc3C)cc2)cc1. The van der Waals surface area contributed by atoms with Crippen LogP contribution in [-0.4, -0.2) is 25.1 Å². The van der Waals surface area contributed by atoms with Crippen LogP contribution >= 0.6 is 0 Å². The standard InChI is InChI=1S/C25H25N3O4/c1-18-5-3-4-6-23(18)27-24(29)15-25(30)28-26-16-19-7-13-22(14-8-19)32-17-20-9-11-21(31-2)12-10-20/h3-14,16H,15,17H2,1-2H3,(H,27,29)(H,28,30). The number of nitrogens with zero attached hydrogens (tertiary/aromatic N) is 1. The maximum atomic E-state index is 12.0. The van der Waals surface area contributed by atoms with Gasteiger partial charge in [0.1, 0.15) is 24.5 Å². The number of rotatable bonds is 9. The van der Waals surface area contributed by atoms with Gasteiger partial charge < -0.3 is 14.8 Å². The summed E-state index contributed by atoms with van der Waals surface area (Å²) in [5.41, 5.74) is 5.79. The van der Waals surface area contributed by atoms with E-state index in [1.54, 1.807) is 13.2 Å². The van der Waals surface area contributed by atoms with Crippen LogP contribution in [0.3, 0.4) is 0 Å². The molecule has 3 rings (SSSR count). The third-order valence-electron chi connectivity index (χ3n) is 4.59. The van der Waals surface area contributed by atoms with Gasteiger partial charge in [-0.25, -0.2) is 5.43 Å². The molecule has 3 aromatic rings. The number of methoxy groups -OCH3 is 1. The smallest absolute Gasteiger partial charge is 0.249 e. The summed E-state index contributed by atoms with van der Waals surface area (Å²) in [6, 6.07) is 22.3. The minimum absolute atomic E-state index is 0.316. The molecule has 0 atom stereocenters. The lowest BCUT2D eigenvalue weighted by Gasteiger charge is -2.07. The number of para-hydroxylation sites is 1. The number of hydrogen-bond donors (Lipinski definition) is 2. The van der Waals surface area contributed by atoms with Gasteiger partial charge in [0.05, 0.1) is 13.3 Å². The molecule has 0 saturated carbocycles. The Morgan fingerprint density at radius 3 is 2.28 bits per heavy atom. The van der Waals surface area contributed by atoms with Crippen molar-refractivity contribution >= 4 is 23.7 Å². The van der Waals surface area contributed by atoms with Crippen LogP contribution in [0.15, 0.2) is 77.9 Å². The number of nitrogens with one attached hydrogen (secondary N) is 2. The summed E-state index contributed by atoms with van der Waals surface area (Å²) < 4.78 is 10.9. The minimum atomic E-state index is -0.494. The van der Waals surface area contributed by atoms with Crippen molar-refractivity contribution in [3.63, 3.8) is 0 Å². The van der Waals surface area contributed by atoms with Crippen LogP contribution in [0.4, 0.5) is 5.69 Å². The fourth-order valence-corrected chi connectivity index (χ4v) is 2.81. The van der Waals surface area contributed by atoms with Crippen molar-refractivity contribution in [1.29, 1.82) is 0 Å². The first-order valence-electron chi connectivity index (χ1n) is 10.1. The van der Waals surface area contributed by atoms with E-state index in [9.17, 15) is 9.59 Å². The normalized spacial score (nSPS) is 10.6. The Hall–Kier alpha value is -4.13. The molecule has 3 aromatic carbocycles. The predicted octanol–water partition coefficient (Wildman–Crippen LogP) is 4.06. The zero-order valence-corrected chi connectivity index (χ0v) is 18.0. The Bertz CT molecular complexity index is 1080. The molecule has 0 saturated heterocycles. The molecule has 0 bridgehead atoms. The number of aryl methyl sites for hydroxylation is 1. The van der Waals surface area contributed by atoms with E-state index in [0.29, 0.717) is 12.3 Å². The van der Waals surface area contributed by atoms with Crippen molar-refractivity contribution in [3.8, 4) is 11.5 Å². The summed E-state index contributed by atoms with van der Waals surface area (Å²) in [4.78, 5) is 23.9. The second-order valence-corrected chi connectivity index (χ2v) is 7.04. The average Bonchev–Trinajstić information content (AvgIpc) is 2.80. The molecule has 0 unspecified atom stereocenters. The van der Waals surface area contributed by atoms with E-state index >= 15 is 0 Å². The third kappa shape index (κ3) is 6.98. The molecule has 0 aromatic heterocycles. The fourth-order valence-electron chi connectivity index (χ4n) is 2.81. The number of anilines is 1. The van der Waals surface area contributed by atoms with E-state index in [-0.39, 0.29) is 6.42 Å². The summed E-state index contributed by atoms with van der Waals surface area (Å²) in [6.45, 7) is 2.33. The van der Waals surface area contributed by atoms with Crippen molar-refractivity contribution in [2.24, 2.45) is 5.10 Å². The Balaban J connectivity index is 1.42. The number of benzene rings is 3. The highest BCUT2D eigenvalue weighted by molar-refractivity contribution is 6.04. The van der Waals surface area contributed by atoms with E-state index in [1.165, 1.54) is 6.21 Å². The van der Waals surface area contributed by atoms with Crippen LogP contribution in [0.5, 0.6) is 11.5 Å². The summed E-state index contributed by atoms with van der Waals surface area (Å²) in [5, 5.41) is 6.61. The molecule has 0 aliphatic heterocycles. The molecule has 7 heteroatoms. The first-order valence-corrected chi connectivity index (χ1v) is 10.1. The fraction of sp³-hybridized carbons (Fsp3) is 0.160. The number of amides is 2. The highest BCUT2D eigenvalue weighted by atomic mass is 16.5. The van der Waals surface area contributed by atoms with Gasteiger partial charge in [0.2, 0.25) is 11.8 Å². The molecule has 0 radical (unpaired) electrons. The highest BCUT2D eigenvalue weighted by Crippen LogP contribution is 2.16. The molecule has 0 spiro atoms. The van der Waals surface area contributed by atoms with E-state index in [2.05, 4.69) is 15.8 Å². The van der Waals surface area contributed by atoms with E-state index < -0.39 is 11.8 Å². The molecule has 0 fully saturated rings. The average molecular weight is 431 g/mol. The first-order chi connectivity index (χ1) is 15.5. The third-order valence-corrected chi connectivity index (χ3v) is 4.59. The van der Waals surface area contributed by atoms with Crippen molar-refractivity contribution in [3.05, 3.63) is 89.5 Å². The highest BCUT2D eigenvalue weighted by Gasteiger charge is 2.09. The van der Waals surface area contributed by atoms with Crippen LogP contribution in [-0.2, 0) is 16.2 Å². The molecule has 0 heterocycles. The van der Waals surface area contributed by atoms with Crippen molar-refractivity contribution in [1.82, 2.24) is 5.43 Å². The van der Waals surface area contributed by atoms with Gasteiger partial charge in [-0.05, 0) is 66.1 Å². The zero-order valence-electron chi connectivity index (χ0n) is 18.0. The van der Waals surface area contributed by atoms with Gasteiger partial charge in [0.25, 0.3) is 0 Å². The minimum Gasteiger partial charge on any atom is -0.497 e. The van der Waals surface area contributed by atoms with Gasteiger partial charge >= 0.3 is 0 Å². The predicted molar refractivity (Wildman–Crippen MR) is 124 cm³/mol. The molecule has 0 aliphatic carbocycles. The summed E-state index contributed by atoms with van der Waals surface area (Å²) in [5.74, 6) is 0.628. The van der Waals surface area contributed by atoms with E-state index in [4.69, 9.17) is 9.47 Å². The van der Waals surface area contributed by atoms with Crippen LogP contribution < -0.4 is 20.2 Å². The Labute approximate surface area is 187 Å². The molecular formula is C25H25N3O4. The van der Waals surface area contributed by atoms with Gasteiger partial charge in [0.15, 0.2) is 0 Å². The Kier molecular flexibility index (Phi) is 7.97. The van der Waals surface area contributed by atoms with Crippen LogP contribution in [0.1, 0.15) is 23.1 Å².